The maximum atomic E-state index is 11.9. The molecule has 0 spiro atoms. The second-order valence-electron chi connectivity index (χ2n) is 3.76. The lowest BCUT2D eigenvalue weighted by Crippen LogP contribution is -2.25. The van der Waals surface area contributed by atoms with Gasteiger partial charge >= 0.3 is 0 Å². The average molecular weight is 282 g/mol. The molecule has 6 nitrogen and oxygen atoms in total. The molecule has 0 aliphatic carbocycles. The lowest BCUT2D eigenvalue weighted by atomic mass is 10.1. The second-order valence-corrected chi connectivity index (χ2v) is 4.17. The number of nitrogens with one attached hydrogen (secondary N) is 1. The molecule has 0 unspecified atom stereocenters. The number of carbonyl (C=O) groups excluding carboxylic acids is 1. The topological polar surface area (TPSA) is 96.0 Å². The maximum Gasteiger partial charge on any atom is 0.283 e. The molecule has 0 fully saturated rings. The van der Waals surface area contributed by atoms with Gasteiger partial charge < -0.3 is 5.32 Å². The summed E-state index contributed by atoms with van der Waals surface area (Å²) in [7, 11) is 0. The molecule has 0 bridgehead atoms. The van der Waals surface area contributed by atoms with Gasteiger partial charge in [-0.05, 0) is 18.9 Å². The highest BCUT2D eigenvalue weighted by Gasteiger charge is 2.22. The van der Waals surface area contributed by atoms with Gasteiger partial charge in [-0.3, -0.25) is 14.9 Å². The summed E-state index contributed by atoms with van der Waals surface area (Å²) in [6.45, 7) is 0.350. The third-order valence-electron chi connectivity index (χ3n) is 2.42. The molecule has 0 saturated carbocycles. The molecule has 0 aromatic heterocycles. The lowest BCUT2D eigenvalue weighted by Gasteiger charge is -2.06. The van der Waals surface area contributed by atoms with E-state index in [4.69, 9.17) is 16.9 Å². The molecule has 0 heterocycles. The van der Waals surface area contributed by atoms with E-state index in [2.05, 4.69) is 5.32 Å². The molecule has 0 radical (unpaired) electrons. The predicted molar refractivity (Wildman–Crippen MR) is 69.9 cm³/mol. The summed E-state index contributed by atoms with van der Waals surface area (Å²) in [5.41, 5.74) is -0.448. The molecule has 1 aromatic rings. The first-order chi connectivity index (χ1) is 9.07. The molecule has 0 saturated heterocycles. The summed E-state index contributed by atoms with van der Waals surface area (Å²) in [5, 5.41) is 21.8. The van der Waals surface area contributed by atoms with E-state index in [1.165, 1.54) is 18.2 Å². The van der Waals surface area contributed by atoms with Gasteiger partial charge in [0, 0.05) is 19.0 Å². The van der Waals surface area contributed by atoms with Crippen molar-refractivity contribution in [3.63, 3.8) is 0 Å². The quantitative estimate of drug-likeness (QED) is 0.492. The lowest BCUT2D eigenvalue weighted by molar-refractivity contribution is -0.385. The van der Waals surface area contributed by atoms with Crippen LogP contribution in [0.2, 0.25) is 5.02 Å². The minimum absolute atomic E-state index is 0.0451. The van der Waals surface area contributed by atoms with E-state index in [1.54, 1.807) is 0 Å². The molecule has 1 rings (SSSR count). The zero-order chi connectivity index (χ0) is 14.3. The van der Waals surface area contributed by atoms with Crippen molar-refractivity contribution < 1.29 is 9.72 Å². The Balaban J connectivity index is 2.72. The number of rotatable bonds is 6. The minimum atomic E-state index is -0.642. The number of amides is 1. The van der Waals surface area contributed by atoms with Gasteiger partial charge in [0.25, 0.3) is 11.6 Å². The highest BCUT2D eigenvalue weighted by Crippen LogP contribution is 2.25. The maximum absolute atomic E-state index is 11.9. The van der Waals surface area contributed by atoms with Gasteiger partial charge in [-0.25, -0.2) is 0 Å². The summed E-state index contributed by atoms with van der Waals surface area (Å²) in [5.74, 6) is -0.575. The number of carbonyl (C=O) groups is 1. The Morgan fingerprint density at radius 1 is 1.47 bits per heavy atom. The van der Waals surface area contributed by atoms with Crippen LogP contribution < -0.4 is 5.32 Å². The highest BCUT2D eigenvalue weighted by atomic mass is 35.5. The third kappa shape index (κ3) is 4.23. The van der Waals surface area contributed by atoms with Crippen molar-refractivity contribution in [2.45, 2.75) is 19.3 Å². The molecule has 0 atom stereocenters. The Labute approximate surface area is 115 Å². The number of nitro groups is 1. The van der Waals surface area contributed by atoms with Gasteiger partial charge in [-0.2, -0.15) is 5.26 Å². The summed E-state index contributed by atoms with van der Waals surface area (Å²) >= 11 is 5.82. The monoisotopic (exact) mass is 281 g/mol. The SMILES string of the molecule is N#CCCCCNC(=O)c1c(Cl)cccc1[N+](=O)[O-]. The van der Waals surface area contributed by atoms with E-state index >= 15 is 0 Å². The van der Waals surface area contributed by atoms with Crippen LogP contribution in [0.15, 0.2) is 18.2 Å². The Bertz CT molecular complexity index is 525. The summed E-state index contributed by atoms with van der Waals surface area (Å²) < 4.78 is 0. The van der Waals surface area contributed by atoms with E-state index in [1.807, 2.05) is 6.07 Å². The van der Waals surface area contributed by atoms with Gasteiger partial charge in [-0.1, -0.05) is 17.7 Å². The first-order valence-electron chi connectivity index (χ1n) is 5.66. The van der Waals surface area contributed by atoms with E-state index in [-0.39, 0.29) is 16.3 Å². The van der Waals surface area contributed by atoms with Crippen LogP contribution in [0, 0.1) is 21.4 Å². The van der Waals surface area contributed by atoms with Crippen molar-refractivity contribution in [1.29, 1.82) is 5.26 Å². The van der Waals surface area contributed by atoms with Crippen LogP contribution in [0.4, 0.5) is 5.69 Å². The molecule has 1 N–H and O–H groups in total. The highest BCUT2D eigenvalue weighted by molar-refractivity contribution is 6.34. The molecular weight excluding hydrogens is 270 g/mol. The summed E-state index contributed by atoms with van der Waals surface area (Å²) in [6, 6.07) is 6.08. The standard InChI is InChI=1S/C12H12ClN3O3/c13-9-5-4-6-10(16(18)19)11(9)12(17)15-8-3-1-2-7-14/h4-6H,1-3,8H2,(H,15,17). The minimum Gasteiger partial charge on any atom is -0.352 e. The fraction of sp³-hybridized carbons (Fsp3) is 0.333. The van der Waals surface area contributed by atoms with Gasteiger partial charge in [0.1, 0.15) is 5.56 Å². The smallest absolute Gasteiger partial charge is 0.283 e. The van der Waals surface area contributed by atoms with Crippen molar-refractivity contribution in [3.05, 3.63) is 38.9 Å². The van der Waals surface area contributed by atoms with Gasteiger partial charge in [0.2, 0.25) is 0 Å². The summed E-state index contributed by atoms with van der Waals surface area (Å²) in [4.78, 5) is 22.0. The van der Waals surface area contributed by atoms with E-state index in [9.17, 15) is 14.9 Å². The van der Waals surface area contributed by atoms with Crippen LogP contribution in [-0.2, 0) is 0 Å². The zero-order valence-corrected chi connectivity index (χ0v) is 10.8. The van der Waals surface area contributed by atoms with Crippen LogP contribution in [0.1, 0.15) is 29.6 Å². The zero-order valence-electron chi connectivity index (χ0n) is 10.1. The average Bonchev–Trinajstić information content (AvgIpc) is 2.37. The normalized spacial score (nSPS) is 9.68. The van der Waals surface area contributed by atoms with E-state index in [0.29, 0.717) is 25.8 Å². The van der Waals surface area contributed by atoms with Gasteiger partial charge in [0.15, 0.2) is 0 Å². The Morgan fingerprint density at radius 2 is 2.21 bits per heavy atom. The molecule has 7 heteroatoms. The third-order valence-corrected chi connectivity index (χ3v) is 2.73. The first-order valence-corrected chi connectivity index (χ1v) is 6.03. The number of halogens is 1. The Morgan fingerprint density at radius 3 is 2.84 bits per heavy atom. The Kier molecular flexibility index (Phi) is 5.76. The molecule has 0 aliphatic heterocycles. The van der Waals surface area contributed by atoms with Crippen LogP contribution in [0.3, 0.4) is 0 Å². The molecule has 1 amide bonds. The van der Waals surface area contributed by atoms with Gasteiger partial charge in [0.05, 0.1) is 16.0 Å². The fourth-order valence-corrected chi connectivity index (χ4v) is 1.76. The van der Waals surface area contributed by atoms with E-state index in [0.717, 1.165) is 0 Å². The van der Waals surface area contributed by atoms with Crippen LogP contribution in [0.25, 0.3) is 0 Å². The molecule has 19 heavy (non-hydrogen) atoms. The van der Waals surface area contributed by atoms with Crippen molar-refractivity contribution in [3.8, 4) is 6.07 Å². The number of nitrogens with zero attached hydrogens (tertiary/aromatic N) is 2. The number of nitro benzene ring substituents is 1. The largest absolute Gasteiger partial charge is 0.352 e. The number of nitriles is 1. The number of unbranched alkanes of at least 4 members (excludes halogenated alkanes) is 2. The summed E-state index contributed by atoms with van der Waals surface area (Å²) in [6.07, 6.45) is 1.72. The van der Waals surface area contributed by atoms with Crippen molar-refractivity contribution >= 4 is 23.2 Å². The van der Waals surface area contributed by atoms with Gasteiger partial charge in [-0.15, -0.1) is 0 Å². The predicted octanol–water partition coefficient (Wildman–Crippen LogP) is 2.67. The van der Waals surface area contributed by atoms with Crippen LogP contribution >= 0.6 is 11.6 Å². The number of hydrogen-bond acceptors (Lipinski definition) is 4. The van der Waals surface area contributed by atoms with E-state index < -0.39 is 10.8 Å². The Hall–Kier alpha value is -2.13. The number of benzene rings is 1. The second kappa shape index (κ2) is 7.34. The molecule has 100 valence electrons. The van der Waals surface area contributed by atoms with Crippen molar-refractivity contribution in [1.82, 2.24) is 5.32 Å². The fourth-order valence-electron chi connectivity index (χ4n) is 1.51. The molecule has 1 aromatic carbocycles. The molecular formula is C12H12ClN3O3. The van der Waals surface area contributed by atoms with Crippen molar-refractivity contribution in [2.24, 2.45) is 0 Å². The van der Waals surface area contributed by atoms with Crippen LogP contribution in [-0.4, -0.2) is 17.4 Å². The number of hydrogen-bond donors (Lipinski definition) is 1. The first kappa shape index (κ1) is 14.9. The van der Waals surface area contributed by atoms with Crippen LogP contribution in [0.5, 0.6) is 0 Å². The van der Waals surface area contributed by atoms with Crippen molar-refractivity contribution in [2.75, 3.05) is 6.54 Å². The molecule has 0 aliphatic rings.